The van der Waals surface area contributed by atoms with E-state index in [0.29, 0.717) is 29.3 Å². The monoisotopic (exact) mass is 347 g/mol. The molecule has 0 aromatic rings. The van der Waals surface area contributed by atoms with Gasteiger partial charge in [-0.1, -0.05) is 41.0 Å². The molecule has 1 amide bonds. The van der Waals surface area contributed by atoms with Crippen LogP contribution >= 0.6 is 0 Å². The Balaban J connectivity index is 1.83. The molecule has 1 saturated heterocycles. The highest BCUT2D eigenvalue weighted by Crippen LogP contribution is 2.48. The maximum atomic E-state index is 12.4. The van der Waals surface area contributed by atoms with E-state index in [9.17, 15) is 4.79 Å². The van der Waals surface area contributed by atoms with Crippen molar-refractivity contribution < 1.29 is 4.79 Å². The minimum absolute atomic E-state index is 0.0946. The maximum absolute atomic E-state index is 12.4. The molecule has 0 spiro atoms. The lowest BCUT2D eigenvalue weighted by atomic mass is 9.60. The van der Waals surface area contributed by atoms with E-state index in [1.165, 1.54) is 19.3 Å². The summed E-state index contributed by atoms with van der Waals surface area (Å²) >= 11 is 0. The van der Waals surface area contributed by atoms with Gasteiger partial charge in [-0.2, -0.15) is 5.26 Å². The molecular formula is C21H37N3O. The molecule has 25 heavy (non-hydrogen) atoms. The average molecular weight is 348 g/mol. The number of rotatable bonds is 6. The van der Waals surface area contributed by atoms with Crippen molar-refractivity contribution in [3.63, 3.8) is 0 Å². The van der Waals surface area contributed by atoms with Crippen molar-refractivity contribution >= 4 is 5.91 Å². The van der Waals surface area contributed by atoms with Crippen LogP contribution in [0.1, 0.15) is 79.6 Å². The summed E-state index contributed by atoms with van der Waals surface area (Å²) in [6.45, 7) is 13.0. The molecule has 0 aromatic heterocycles. The lowest BCUT2D eigenvalue weighted by Gasteiger charge is -2.47. The van der Waals surface area contributed by atoms with Gasteiger partial charge < -0.3 is 10.2 Å². The third-order valence-corrected chi connectivity index (χ3v) is 7.00. The van der Waals surface area contributed by atoms with E-state index in [1.54, 1.807) is 4.90 Å². The van der Waals surface area contributed by atoms with E-state index >= 15 is 0 Å². The summed E-state index contributed by atoms with van der Waals surface area (Å²) in [6, 6.07) is 2.48. The quantitative estimate of drug-likeness (QED) is 0.786. The van der Waals surface area contributed by atoms with Crippen molar-refractivity contribution in [3.05, 3.63) is 0 Å². The van der Waals surface area contributed by atoms with Crippen LogP contribution in [-0.2, 0) is 4.79 Å². The Bertz CT molecular complexity index is 510. The molecule has 4 atom stereocenters. The van der Waals surface area contributed by atoms with Crippen LogP contribution in [-0.4, -0.2) is 36.0 Å². The fourth-order valence-electron chi connectivity index (χ4n) is 4.78. The van der Waals surface area contributed by atoms with Crippen LogP contribution in [0.3, 0.4) is 0 Å². The molecule has 1 heterocycles. The Morgan fingerprint density at radius 2 is 2.12 bits per heavy atom. The first kappa shape index (κ1) is 20.2. The minimum atomic E-state index is -0.209. The number of likely N-dealkylation sites (tertiary alicyclic amines) is 1. The Hall–Kier alpha value is -1.08. The minimum Gasteiger partial charge on any atom is -0.326 e. The summed E-state index contributed by atoms with van der Waals surface area (Å²) in [5.74, 6) is 0.760. The van der Waals surface area contributed by atoms with Gasteiger partial charge in [0.25, 0.3) is 0 Å². The lowest BCUT2D eigenvalue weighted by molar-refractivity contribution is -0.130. The van der Waals surface area contributed by atoms with E-state index in [4.69, 9.17) is 5.26 Å². The highest BCUT2D eigenvalue weighted by atomic mass is 16.2. The second kappa shape index (κ2) is 8.08. The number of amides is 1. The topological polar surface area (TPSA) is 56.1 Å². The van der Waals surface area contributed by atoms with Crippen LogP contribution in [0, 0.1) is 28.1 Å². The van der Waals surface area contributed by atoms with E-state index in [1.807, 2.05) is 0 Å². The van der Waals surface area contributed by atoms with Gasteiger partial charge in [-0.3, -0.25) is 4.79 Å². The summed E-state index contributed by atoms with van der Waals surface area (Å²) in [7, 11) is 0. The second-order valence-corrected chi connectivity index (χ2v) is 9.48. The molecule has 142 valence electrons. The van der Waals surface area contributed by atoms with Gasteiger partial charge in [0.05, 0.1) is 12.6 Å². The van der Waals surface area contributed by atoms with Gasteiger partial charge in [0.2, 0.25) is 5.91 Å². The number of carbonyl (C=O) groups is 1. The molecule has 2 aliphatic rings. The molecule has 2 rings (SSSR count). The first-order valence-electron chi connectivity index (χ1n) is 10.1. The van der Waals surface area contributed by atoms with E-state index in [0.717, 1.165) is 32.2 Å². The number of hydrogen-bond acceptors (Lipinski definition) is 3. The smallest absolute Gasteiger partial charge is 0.237 e. The van der Waals surface area contributed by atoms with Crippen LogP contribution < -0.4 is 5.32 Å². The zero-order valence-electron chi connectivity index (χ0n) is 16.9. The lowest BCUT2D eigenvalue weighted by Crippen LogP contribution is -2.47. The molecule has 4 nitrogen and oxygen atoms in total. The van der Waals surface area contributed by atoms with Crippen LogP contribution in [0.4, 0.5) is 0 Å². The maximum Gasteiger partial charge on any atom is 0.237 e. The van der Waals surface area contributed by atoms with Crippen LogP contribution in [0.2, 0.25) is 0 Å². The van der Waals surface area contributed by atoms with Gasteiger partial charge in [0, 0.05) is 12.6 Å². The van der Waals surface area contributed by atoms with Crippen molar-refractivity contribution in [1.82, 2.24) is 10.2 Å². The van der Waals surface area contributed by atoms with Gasteiger partial charge in [-0.25, -0.2) is 0 Å². The Morgan fingerprint density at radius 1 is 1.40 bits per heavy atom. The normalized spacial score (nSPS) is 33.3. The highest BCUT2D eigenvalue weighted by Gasteiger charge is 2.40. The molecule has 1 saturated carbocycles. The predicted molar refractivity (Wildman–Crippen MR) is 102 cm³/mol. The molecule has 2 unspecified atom stereocenters. The summed E-state index contributed by atoms with van der Waals surface area (Å²) < 4.78 is 0. The van der Waals surface area contributed by atoms with Gasteiger partial charge in [-0.15, -0.1) is 0 Å². The summed E-state index contributed by atoms with van der Waals surface area (Å²) in [6.07, 6.45) is 7.81. The number of carbonyl (C=O) groups excluding carboxylic acids is 1. The third kappa shape index (κ3) is 4.97. The molecule has 1 aliphatic carbocycles. The van der Waals surface area contributed by atoms with Gasteiger partial charge in [-0.05, 0) is 55.3 Å². The highest BCUT2D eigenvalue weighted by molar-refractivity contribution is 5.79. The van der Waals surface area contributed by atoms with Crippen molar-refractivity contribution in [3.8, 4) is 6.07 Å². The third-order valence-electron chi connectivity index (χ3n) is 7.00. The first-order valence-corrected chi connectivity index (χ1v) is 10.1. The summed E-state index contributed by atoms with van der Waals surface area (Å²) in [5, 5.41) is 12.6. The zero-order chi connectivity index (χ0) is 18.7. The SMILES string of the molecule is CCC(C)(C)C[C@@]1(C)CCC(NCC(=O)N2CCCC2C#N)C[C@H]1C. The molecular weight excluding hydrogens is 310 g/mol. The van der Waals surface area contributed by atoms with Gasteiger partial charge in [0.1, 0.15) is 6.04 Å². The number of nitriles is 1. The number of nitrogens with one attached hydrogen (secondary N) is 1. The number of nitrogens with zero attached hydrogens (tertiary/aromatic N) is 2. The van der Waals surface area contributed by atoms with Crippen molar-refractivity contribution in [2.75, 3.05) is 13.1 Å². The standard InChI is InChI=1S/C21H37N3O/c1-6-20(3,4)15-21(5)10-9-17(12-16(21)2)23-14-19(25)24-11-7-8-18(24)13-22/h16-18,23H,6-12,14-15H2,1-5H3/t16-,17?,18?,21-/m1/s1. The second-order valence-electron chi connectivity index (χ2n) is 9.48. The molecule has 2 fully saturated rings. The molecule has 1 N–H and O–H groups in total. The van der Waals surface area contributed by atoms with Gasteiger partial charge in [0.15, 0.2) is 0 Å². The molecule has 0 radical (unpaired) electrons. The number of hydrogen-bond donors (Lipinski definition) is 1. The average Bonchev–Trinajstić information content (AvgIpc) is 3.04. The zero-order valence-corrected chi connectivity index (χ0v) is 16.9. The van der Waals surface area contributed by atoms with E-state index in [2.05, 4.69) is 46.0 Å². The summed E-state index contributed by atoms with van der Waals surface area (Å²) in [4.78, 5) is 14.2. The predicted octanol–water partition coefficient (Wildman–Crippen LogP) is 4.11. The molecule has 0 aromatic carbocycles. The first-order chi connectivity index (χ1) is 11.7. The Morgan fingerprint density at radius 3 is 2.72 bits per heavy atom. The van der Waals surface area contributed by atoms with Crippen LogP contribution in [0.15, 0.2) is 0 Å². The fraction of sp³-hybridized carbons (Fsp3) is 0.905. The van der Waals surface area contributed by atoms with Crippen molar-refractivity contribution in [2.45, 2.75) is 91.6 Å². The van der Waals surface area contributed by atoms with Crippen molar-refractivity contribution in [2.24, 2.45) is 16.7 Å². The van der Waals surface area contributed by atoms with Crippen molar-refractivity contribution in [1.29, 1.82) is 5.26 Å². The molecule has 4 heteroatoms. The summed E-state index contributed by atoms with van der Waals surface area (Å²) in [5.41, 5.74) is 0.809. The van der Waals surface area contributed by atoms with Gasteiger partial charge >= 0.3 is 0 Å². The molecule has 0 bridgehead atoms. The van der Waals surface area contributed by atoms with E-state index in [-0.39, 0.29) is 11.9 Å². The van der Waals surface area contributed by atoms with Crippen LogP contribution in [0.25, 0.3) is 0 Å². The Kier molecular flexibility index (Phi) is 6.54. The van der Waals surface area contributed by atoms with Crippen LogP contribution in [0.5, 0.6) is 0 Å². The Labute approximate surface area is 154 Å². The molecule has 1 aliphatic heterocycles. The fourth-order valence-corrected chi connectivity index (χ4v) is 4.78. The largest absolute Gasteiger partial charge is 0.326 e. The van der Waals surface area contributed by atoms with E-state index < -0.39 is 0 Å².